The van der Waals surface area contributed by atoms with Gasteiger partial charge >= 0.3 is 6.09 Å². The lowest BCUT2D eigenvalue weighted by molar-refractivity contribution is 0.146. The number of rotatable bonds is 4. The van der Waals surface area contributed by atoms with Gasteiger partial charge in [-0.3, -0.25) is 0 Å². The molecule has 0 radical (unpaired) electrons. The van der Waals surface area contributed by atoms with Crippen LogP contribution in [0.25, 0.3) is 0 Å². The molecule has 0 aliphatic carbocycles. The zero-order chi connectivity index (χ0) is 7.98. The third-order valence-electron chi connectivity index (χ3n) is 1.16. The average molecular weight is 146 g/mol. The highest BCUT2D eigenvalue weighted by Gasteiger charge is 2.07. The Labute approximate surface area is 60.6 Å². The summed E-state index contributed by atoms with van der Waals surface area (Å²) < 4.78 is 0. The topological polar surface area (TPSA) is 66.6 Å². The van der Waals surface area contributed by atoms with Crippen molar-refractivity contribution in [1.29, 1.82) is 0 Å². The molecule has 0 saturated heterocycles. The SMILES string of the molecule is CCCN(CCN)C(=O)O. The Balaban J connectivity index is 3.61. The van der Waals surface area contributed by atoms with E-state index in [2.05, 4.69) is 0 Å². The molecule has 0 aromatic carbocycles. The second kappa shape index (κ2) is 5.05. The predicted molar refractivity (Wildman–Crippen MR) is 38.9 cm³/mol. The summed E-state index contributed by atoms with van der Waals surface area (Å²) in [6, 6.07) is 0. The van der Waals surface area contributed by atoms with Crippen molar-refractivity contribution in [1.82, 2.24) is 4.90 Å². The van der Waals surface area contributed by atoms with Gasteiger partial charge in [0.1, 0.15) is 0 Å². The molecular formula is C6H14N2O2. The maximum atomic E-state index is 10.3. The first-order chi connectivity index (χ1) is 4.72. The first-order valence-electron chi connectivity index (χ1n) is 3.40. The Morgan fingerprint density at radius 2 is 2.20 bits per heavy atom. The van der Waals surface area contributed by atoms with Crippen LogP contribution in [-0.4, -0.2) is 35.7 Å². The van der Waals surface area contributed by atoms with Gasteiger partial charge in [0, 0.05) is 19.6 Å². The van der Waals surface area contributed by atoms with E-state index >= 15 is 0 Å². The van der Waals surface area contributed by atoms with Gasteiger partial charge in [-0.15, -0.1) is 0 Å². The molecule has 4 heteroatoms. The summed E-state index contributed by atoms with van der Waals surface area (Å²) in [6.07, 6.45) is -0.0425. The minimum absolute atomic E-state index is 0.395. The fourth-order valence-corrected chi connectivity index (χ4v) is 0.729. The molecular weight excluding hydrogens is 132 g/mol. The van der Waals surface area contributed by atoms with E-state index in [1.165, 1.54) is 4.90 Å². The number of nitrogens with zero attached hydrogens (tertiary/aromatic N) is 1. The number of carbonyl (C=O) groups is 1. The van der Waals surface area contributed by atoms with Crippen LogP contribution in [0.3, 0.4) is 0 Å². The zero-order valence-corrected chi connectivity index (χ0v) is 6.21. The van der Waals surface area contributed by atoms with Gasteiger partial charge in [-0.25, -0.2) is 4.79 Å². The van der Waals surface area contributed by atoms with Gasteiger partial charge in [-0.2, -0.15) is 0 Å². The zero-order valence-electron chi connectivity index (χ0n) is 6.21. The monoisotopic (exact) mass is 146 g/mol. The predicted octanol–water partition coefficient (Wildman–Crippen LogP) is 0.335. The molecule has 1 amide bonds. The van der Waals surface area contributed by atoms with Gasteiger partial charge in [0.15, 0.2) is 0 Å². The van der Waals surface area contributed by atoms with Crippen molar-refractivity contribution >= 4 is 6.09 Å². The fraction of sp³-hybridized carbons (Fsp3) is 0.833. The third-order valence-corrected chi connectivity index (χ3v) is 1.16. The largest absolute Gasteiger partial charge is 0.465 e. The number of carboxylic acid groups (broad SMARTS) is 1. The van der Waals surface area contributed by atoms with Crippen molar-refractivity contribution in [2.45, 2.75) is 13.3 Å². The molecule has 60 valence electrons. The molecule has 0 heterocycles. The van der Waals surface area contributed by atoms with Crippen molar-refractivity contribution in [2.24, 2.45) is 5.73 Å². The minimum atomic E-state index is -0.882. The minimum Gasteiger partial charge on any atom is -0.465 e. The molecule has 0 bridgehead atoms. The fourth-order valence-electron chi connectivity index (χ4n) is 0.729. The Hall–Kier alpha value is -0.770. The second-order valence-corrected chi connectivity index (χ2v) is 2.06. The summed E-state index contributed by atoms with van der Waals surface area (Å²) in [5.41, 5.74) is 5.19. The summed E-state index contributed by atoms with van der Waals surface area (Å²) in [7, 11) is 0. The van der Waals surface area contributed by atoms with E-state index in [1.54, 1.807) is 0 Å². The molecule has 0 aromatic heterocycles. The van der Waals surface area contributed by atoms with Crippen LogP contribution in [0.5, 0.6) is 0 Å². The Kier molecular flexibility index (Phi) is 4.66. The first kappa shape index (κ1) is 9.23. The number of amides is 1. The summed E-state index contributed by atoms with van der Waals surface area (Å²) in [4.78, 5) is 11.7. The van der Waals surface area contributed by atoms with E-state index in [-0.39, 0.29) is 0 Å². The maximum Gasteiger partial charge on any atom is 0.407 e. The number of nitrogens with two attached hydrogens (primary N) is 1. The smallest absolute Gasteiger partial charge is 0.407 e. The van der Waals surface area contributed by atoms with E-state index in [4.69, 9.17) is 10.8 Å². The molecule has 10 heavy (non-hydrogen) atoms. The Bertz CT molecular complexity index is 99.9. The molecule has 0 spiro atoms. The summed E-state index contributed by atoms with van der Waals surface area (Å²) in [6.45, 7) is 3.34. The number of hydrogen-bond acceptors (Lipinski definition) is 2. The molecule has 0 aromatic rings. The second-order valence-electron chi connectivity index (χ2n) is 2.06. The van der Waals surface area contributed by atoms with E-state index in [0.29, 0.717) is 19.6 Å². The molecule has 0 fully saturated rings. The highest BCUT2D eigenvalue weighted by atomic mass is 16.4. The van der Waals surface area contributed by atoms with Crippen LogP contribution in [0.2, 0.25) is 0 Å². The summed E-state index contributed by atoms with van der Waals surface area (Å²) in [5, 5.41) is 8.51. The maximum absolute atomic E-state index is 10.3. The van der Waals surface area contributed by atoms with Gasteiger partial charge in [0.25, 0.3) is 0 Å². The molecule has 0 unspecified atom stereocenters. The highest BCUT2D eigenvalue weighted by Crippen LogP contribution is 1.89. The van der Waals surface area contributed by atoms with Gasteiger partial charge in [0.2, 0.25) is 0 Å². The van der Waals surface area contributed by atoms with Gasteiger partial charge in [-0.1, -0.05) is 6.92 Å². The van der Waals surface area contributed by atoms with Crippen LogP contribution >= 0.6 is 0 Å². The van der Waals surface area contributed by atoms with Crippen LogP contribution in [-0.2, 0) is 0 Å². The molecule has 4 nitrogen and oxygen atoms in total. The molecule has 0 aliphatic rings. The third kappa shape index (κ3) is 3.29. The summed E-state index contributed by atoms with van der Waals surface area (Å²) in [5.74, 6) is 0. The molecule has 3 N–H and O–H groups in total. The van der Waals surface area contributed by atoms with Crippen LogP contribution < -0.4 is 5.73 Å². The highest BCUT2D eigenvalue weighted by molar-refractivity contribution is 5.64. The lowest BCUT2D eigenvalue weighted by Gasteiger charge is -2.16. The van der Waals surface area contributed by atoms with Crippen molar-refractivity contribution in [3.63, 3.8) is 0 Å². The quantitative estimate of drug-likeness (QED) is 0.600. The van der Waals surface area contributed by atoms with E-state index in [1.807, 2.05) is 6.92 Å². The van der Waals surface area contributed by atoms with Crippen LogP contribution in [0, 0.1) is 0 Å². The van der Waals surface area contributed by atoms with Crippen molar-refractivity contribution in [3.05, 3.63) is 0 Å². The molecule has 0 atom stereocenters. The molecule has 0 rings (SSSR count). The Morgan fingerprint density at radius 3 is 2.50 bits per heavy atom. The lowest BCUT2D eigenvalue weighted by Crippen LogP contribution is -2.34. The standard InChI is InChI=1S/C6H14N2O2/c1-2-4-8(5-3-7)6(9)10/h2-5,7H2,1H3,(H,9,10). The van der Waals surface area contributed by atoms with E-state index in [9.17, 15) is 4.79 Å². The van der Waals surface area contributed by atoms with E-state index in [0.717, 1.165) is 6.42 Å². The molecule has 0 aliphatic heterocycles. The summed E-state index contributed by atoms with van der Waals surface area (Å²) >= 11 is 0. The molecule has 0 saturated carbocycles. The van der Waals surface area contributed by atoms with Crippen molar-refractivity contribution in [2.75, 3.05) is 19.6 Å². The van der Waals surface area contributed by atoms with Crippen molar-refractivity contribution in [3.8, 4) is 0 Å². The average Bonchev–Trinajstić information content (AvgIpc) is 1.87. The number of hydrogen-bond donors (Lipinski definition) is 2. The lowest BCUT2D eigenvalue weighted by atomic mass is 10.4. The van der Waals surface area contributed by atoms with Gasteiger partial charge < -0.3 is 15.7 Å². The van der Waals surface area contributed by atoms with Crippen LogP contribution in [0.4, 0.5) is 4.79 Å². The normalized spacial score (nSPS) is 9.40. The van der Waals surface area contributed by atoms with E-state index < -0.39 is 6.09 Å². The van der Waals surface area contributed by atoms with Gasteiger partial charge in [0.05, 0.1) is 0 Å². The first-order valence-corrected chi connectivity index (χ1v) is 3.40. The van der Waals surface area contributed by atoms with Crippen LogP contribution in [0.1, 0.15) is 13.3 Å². The van der Waals surface area contributed by atoms with Gasteiger partial charge in [-0.05, 0) is 6.42 Å². The Morgan fingerprint density at radius 1 is 1.60 bits per heavy atom. The van der Waals surface area contributed by atoms with Crippen molar-refractivity contribution < 1.29 is 9.90 Å². The van der Waals surface area contributed by atoms with Crippen LogP contribution in [0.15, 0.2) is 0 Å².